The molecule has 10 heteroatoms. The van der Waals surface area contributed by atoms with Gasteiger partial charge in [0.15, 0.2) is 4.34 Å². The lowest BCUT2D eigenvalue weighted by Crippen LogP contribution is -2.15. The Morgan fingerprint density at radius 1 is 1.44 bits per heavy atom. The second-order valence-electron chi connectivity index (χ2n) is 3.40. The Hall–Kier alpha value is -1.81. The van der Waals surface area contributed by atoms with E-state index >= 15 is 0 Å². The Labute approximate surface area is 108 Å². The highest BCUT2D eigenvalue weighted by molar-refractivity contribution is 8.00. The van der Waals surface area contributed by atoms with Crippen LogP contribution in [0.1, 0.15) is 10.7 Å². The third-order valence-corrected chi connectivity index (χ3v) is 4.09. The summed E-state index contributed by atoms with van der Waals surface area (Å²) in [5.41, 5.74) is 0.417. The summed E-state index contributed by atoms with van der Waals surface area (Å²) < 4.78 is 2.04. The van der Waals surface area contributed by atoms with Gasteiger partial charge in [0.2, 0.25) is 0 Å². The number of fused-ring (bicyclic) bond motifs is 1. The Balaban J connectivity index is 1.84. The van der Waals surface area contributed by atoms with Crippen molar-refractivity contribution in [3.05, 3.63) is 27.1 Å². The number of aromatic nitrogens is 7. The number of nitrogens with one attached hydrogen (secondary N) is 1. The van der Waals surface area contributed by atoms with Crippen LogP contribution in [-0.4, -0.2) is 35.2 Å². The standard InChI is InChI=1S/C8H7N7OS2/c1-4-10-12-8(18-4)17-3-5-2-6(16)15-7(9-5)11-13-14-15/h2H,3H2,1H3,(H,9,11,14). The van der Waals surface area contributed by atoms with Crippen LogP contribution >= 0.6 is 23.1 Å². The van der Waals surface area contributed by atoms with Crippen LogP contribution in [0.25, 0.3) is 5.78 Å². The lowest BCUT2D eigenvalue weighted by Gasteiger charge is -1.97. The van der Waals surface area contributed by atoms with Crippen molar-refractivity contribution in [3.8, 4) is 0 Å². The topological polar surface area (TPSA) is 102 Å². The number of aromatic amines is 1. The molecule has 0 radical (unpaired) electrons. The molecule has 3 aromatic rings. The summed E-state index contributed by atoms with van der Waals surface area (Å²) in [6.07, 6.45) is 0. The van der Waals surface area contributed by atoms with Crippen LogP contribution in [0.15, 0.2) is 15.2 Å². The van der Waals surface area contributed by atoms with E-state index in [4.69, 9.17) is 0 Å². The molecule has 1 N–H and O–H groups in total. The number of hydrogen-bond acceptors (Lipinski definition) is 8. The molecule has 0 amide bonds. The van der Waals surface area contributed by atoms with Crippen molar-refractivity contribution < 1.29 is 0 Å². The number of tetrazole rings is 1. The van der Waals surface area contributed by atoms with Crippen molar-refractivity contribution in [1.82, 2.24) is 35.2 Å². The van der Waals surface area contributed by atoms with Gasteiger partial charge in [-0.2, -0.15) is 9.73 Å². The highest BCUT2D eigenvalue weighted by atomic mass is 32.2. The maximum atomic E-state index is 11.7. The number of aryl methyl sites for hydroxylation is 1. The van der Waals surface area contributed by atoms with E-state index in [2.05, 4.69) is 30.7 Å². The Morgan fingerprint density at radius 3 is 3.11 bits per heavy atom. The fourth-order valence-electron chi connectivity index (χ4n) is 1.34. The molecule has 3 rings (SSSR count). The predicted octanol–water partition coefficient (Wildman–Crippen LogP) is 0.265. The molecule has 3 aromatic heterocycles. The summed E-state index contributed by atoms with van der Waals surface area (Å²) >= 11 is 3.00. The number of thioether (sulfide) groups is 1. The van der Waals surface area contributed by atoms with Gasteiger partial charge in [0.1, 0.15) is 5.01 Å². The molecular weight excluding hydrogens is 274 g/mol. The smallest absolute Gasteiger partial charge is 0.267 e. The van der Waals surface area contributed by atoms with Crippen LogP contribution in [0.5, 0.6) is 0 Å². The van der Waals surface area contributed by atoms with Crippen molar-refractivity contribution in [2.24, 2.45) is 0 Å². The van der Waals surface area contributed by atoms with Crippen molar-refractivity contribution >= 4 is 28.9 Å². The van der Waals surface area contributed by atoms with Crippen molar-refractivity contribution in [1.29, 1.82) is 0 Å². The molecule has 92 valence electrons. The van der Waals surface area contributed by atoms with Crippen LogP contribution in [0.2, 0.25) is 0 Å². The van der Waals surface area contributed by atoms with Crippen LogP contribution in [-0.2, 0) is 5.75 Å². The van der Waals surface area contributed by atoms with Gasteiger partial charge in [0.25, 0.3) is 11.3 Å². The van der Waals surface area contributed by atoms with E-state index in [9.17, 15) is 4.79 Å². The van der Waals surface area contributed by atoms with Gasteiger partial charge in [-0.05, 0) is 12.1 Å². The minimum Gasteiger partial charge on any atom is -0.267 e. The van der Waals surface area contributed by atoms with Crippen molar-refractivity contribution in [2.45, 2.75) is 17.0 Å². The number of H-pyrrole nitrogens is 1. The fourth-order valence-corrected chi connectivity index (χ4v) is 3.04. The fraction of sp³-hybridized carbons (Fsp3) is 0.250. The molecule has 0 unspecified atom stereocenters. The molecule has 0 aromatic carbocycles. The van der Waals surface area contributed by atoms with Gasteiger partial charge in [0, 0.05) is 11.8 Å². The summed E-state index contributed by atoms with van der Waals surface area (Å²) in [6.45, 7) is 1.90. The maximum absolute atomic E-state index is 11.7. The van der Waals surface area contributed by atoms with E-state index in [0.717, 1.165) is 9.35 Å². The van der Waals surface area contributed by atoms with E-state index in [-0.39, 0.29) is 11.3 Å². The summed E-state index contributed by atoms with van der Waals surface area (Å²) in [6, 6.07) is 1.45. The van der Waals surface area contributed by atoms with E-state index < -0.39 is 0 Å². The average Bonchev–Trinajstić information content (AvgIpc) is 2.95. The minimum absolute atomic E-state index is 0.228. The highest BCUT2D eigenvalue weighted by Crippen LogP contribution is 2.24. The van der Waals surface area contributed by atoms with E-state index in [0.29, 0.717) is 11.4 Å². The first kappa shape index (κ1) is 11.3. The number of hydrogen-bond donors (Lipinski definition) is 1. The first-order valence-corrected chi connectivity index (χ1v) is 6.75. The molecule has 0 saturated carbocycles. The minimum atomic E-state index is -0.228. The molecule has 8 nitrogen and oxygen atoms in total. The molecule has 0 fully saturated rings. The van der Waals surface area contributed by atoms with E-state index in [1.165, 1.54) is 33.7 Å². The molecule has 0 atom stereocenters. The van der Waals surface area contributed by atoms with Crippen LogP contribution in [0, 0.1) is 6.92 Å². The van der Waals surface area contributed by atoms with E-state index in [1.54, 1.807) is 0 Å². The lowest BCUT2D eigenvalue weighted by atomic mass is 10.4. The highest BCUT2D eigenvalue weighted by Gasteiger charge is 2.07. The van der Waals surface area contributed by atoms with Crippen LogP contribution in [0.4, 0.5) is 0 Å². The Morgan fingerprint density at radius 2 is 2.33 bits per heavy atom. The van der Waals surface area contributed by atoms with Crippen LogP contribution in [0.3, 0.4) is 0 Å². The normalized spacial score (nSPS) is 11.2. The molecule has 0 aliphatic carbocycles. The van der Waals surface area contributed by atoms with Gasteiger partial charge in [-0.15, -0.1) is 10.2 Å². The Bertz CT molecular complexity index is 745. The average molecular weight is 281 g/mol. The van der Waals surface area contributed by atoms with E-state index in [1.807, 2.05) is 6.92 Å². The quantitative estimate of drug-likeness (QED) is 0.687. The van der Waals surface area contributed by atoms with Gasteiger partial charge >= 0.3 is 0 Å². The van der Waals surface area contributed by atoms with Gasteiger partial charge < -0.3 is 0 Å². The molecule has 3 heterocycles. The predicted molar refractivity (Wildman–Crippen MR) is 65.6 cm³/mol. The van der Waals surface area contributed by atoms with Crippen molar-refractivity contribution in [2.75, 3.05) is 0 Å². The molecule has 0 saturated heterocycles. The van der Waals surface area contributed by atoms with Gasteiger partial charge in [-0.25, -0.2) is 4.98 Å². The lowest BCUT2D eigenvalue weighted by molar-refractivity contribution is 0.798. The molecule has 0 bridgehead atoms. The van der Waals surface area contributed by atoms with Crippen LogP contribution < -0.4 is 5.56 Å². The molecule has 0 aliphatic heterocycles. The maximum Gasteiger partial charge on any atom is 0.275 e. The Kier molecular flexibility index (Phi) is 2.80. The summed E-state index contributed by atoms with van der Waals surface area (Å²) in [7, 11) is 0. The van der Waals surface area contributed by atoms with Gasteiger partial charge in [0.05, 0.1) is 5.69 Å². The third-order valence-electron chi connectivity index (χ3n) is 2.09. The summed E-state index contributed by atoms with van der Waals surface area (Å²) in [5.74, 6) is 0.819. The number of rotatable bonds is 3. The second kappa shape index (κ2) is 4.46. The molecule has 0 aliphatic rings. The zero-order valence-electron chi connectivity index (χ0n) is 9.19. The summed E-state index contributed by atoms with van der Waals surface area (Å²) in [4.78, 5) is 15.9. The molecule has 0 spiro atoms. The first-order valence-electron chi connectivity index (χ1n) is 4.95. The van der Waals surface area contributed by atoms with Gasteiger partial charge in [-0.3, -0.25) is 4.79 Å². The molecule has 18 heavy (non-hydrogen) atoms. The van der Waals surface area contributed by atoms with Gasteiger partial charge in [-0.1, -0.05) is 28.2 Å². The van der Waals surface area contributed by atoms with Crippen molar-refractivity contribution in [3.63, 3.8) is 0 Å². The third kappa shape index (κ3) is 2.11. The SMILES string of the molecule is Cc1nnc(SCc2cc(=O)n3[nH]nnc3n2)s1. The molecular formula is C8H7N7OS2. The summed E-state index contributed by atoms with van der Waals surface area (Å²) in [5, 5.41) is 18.5. The zero-order valence-corrected chi connectivity index (χ0v) is 10.8. The zero-order chi connectivity index (χ0) is 12.5. The number of nitrogens with zero attached hydrogens (tertiary/aromatic N) is 6. The monoisotopic (exact) mass is 281 g/mol. The second-order valence-corrected chi connectivity index (χ2v) is 5.80. The first-order chi connectivity index (χ1) is 8.72. The largest absolute Gasteiger partial charge is 0.275 e.